The number of nitrogens with zero attached hydrogens (tertiary/aromatic N) is 3. The second-order valence-electron chi connectivity index (χ2n) is 6.40. The Morgan fingerprint density at radius 1 is 0.963 bits per heavy atom. The number of aromatic nitrogens is 3. The number of nitrogens with two attached hydrogens (primary N) is 2. The quantitative estimate of drug-likeness (QED) is 0.572. The molecule has 3 heterocycles. The molecule has 0 radical (unpaired) electrons. The number of pyridine rings is 2. The average molecular weight is 361 g/mol. The van der Waals surface area contributed by atoms with E-state index in [1.54, 1.807) is 18.3 Å². The lowest BCUT2D eigenvalue weighted by molar-refractivity contribution is 0.628. The van der Waals surface area contributed by atoms with Crippen LogP contribution in [0.1, 0.15) is 11.6 Å². The first-order chi connectivity index (χ1) is 13.2. The van der Waals surface area contributed by atoms with Gasteiger partial charge in [-0.1, -0.05) is 6.07 Å². The minimum Gasteiger partial charge on any atom is -0.330 e. The summed E-state index contributed by atoms with van der Waals surface area (Å²) in [6, 6.07) is 16.2. The first kappa shape index (κ1) is 17.3. The lowest BCUT2D eigenvalue weighted by Gasteiger charge is -2.13. The fraction of sp³-hybridized carbons (Fsp3) is 0.143. The van der Waals surface area contributed by atoms with Crippen molar-refractivity contribution in [2.45, 2.75) is 5.92 Å². The van der Waals surface area contributed by atoms with Gasteiger partial charge in [-0.2, -0.15) is 5.10 Å². The van der Waals surface area contributed by atoms with E-state index in [4.69, 9.17) is 16.6 Å². The Morgan fingerprint density at radius 3 is 2.48 bits per heavy atom. The molecule has 0 bridgehead atoms. The summed E-state index contributed by atoms with van der Waals surface area (Å²) in [5.74, 6) is -0.273. The Morgan fingerprint density at radius 2 is 1.74 bits per heavy atom. The highest BCUT2D eigenvalue weighted by atomic mass is 19.1. The molecule has 0 aliphatic carbocycles. The van der Waals surface area contributed by atoms with Gasteiger partial charge in [-0.3, -0.25) is 4.98 Å². The molecule has 4 N–H and O–H groups in total. The van der Waals surface area contributed by atoms with Crippen LogP contribution < -0.4 is 11.5 Å². The van der Waals surface area contributed by atoms with Crippen LogP contribution in [0.4, 0.5) is 4.39 Å². The topological polar surface area (TPSA) is 82.2 Å². The molecule has 4 aromatic rings. The van der Waals surface area contributed by atoms with Gasteiger partial charge in [0.05, 0.1) is 5.52 Å². The van der Waals surface area contributed by atoms with E-state index in [-0.39, 0.29) is 11.7 Å². The van der Waals surface area contributed by atoms with Gasteiger partial charge in [-0.05, 0) is 54.1 Å². The third kappa shape index (κ3) is 3.20. The zero-order chi connectivity index (χ0) is 18.8. The average Bonchev–Trinajstić information content (AvgIpc) is 3.09. The van der Waals surface area contributed by atoms with Crippen molar-refractivity contribution < 1.29 is 4.39 Å². The number of rotatable bonds is 5. The molecule has 0 fully saturated rings. The highest BCUT2D eigenvalue weighted by Gasteiger charge is 2.18. The highest BCUT2D eigenvalue weighted by Crippen LogP contribution is 2.35. The summed E-state index contributed by atoms with van der Waals surface area (Å²) in [5, 5.41) is 4.73. The van der Waals surface area contributed by atoms with E-state index in [2.05, 4.69) is 4.98 Å². The van der Waals surface area contributed by atoms with Crippen molar-refractivity contribution in [2.24, 2.45) is 11.5 Å². The maximum atomic E-state index is 13.4. The summed E-state index contributed by atoms with van der Waals surface area (Å²) in [6.45, 7) is 0.874. The molecule has 6 heteroatoms. The van der Waals surface area contributed by atoms with Crippen LogP contribution in [-0.4, -0.2) is 27.7 Å². The van der Waals surface area contributed by atoms with Crippen molar-refractivity contribution in [3.63, 3.8) is 0 Å². The predicted molar refractivity (Wildman–Crippen MR) is 105 cm³/mol. The normalized spacial score (nSPS) is 11.4. The molecule has 0 saturated heterocycles. The molecule has 136 valence electrons. The van der Waals surface area contributed by atoms with Crippen molar-refractivity contribution in [2.75, 3.05) is 13.1 Å². The molecule has 0 spiro atoms. The van der Waals surface area contributed by atoms with Crippen molar-refractivity contribution in [3.8, 4) is 22.4 Å². The molecule has 0 aliphatic rings. The lowest BCUT2D eigenvalue weighted by Crippen LogP contribution is -2.22. The molecule has 1 aromatic carbocycles. The molecule has 0 saturated carbocycles. The van der Waals surface area contributed by atoms with Gasteiger partial charge in [0.25, 0.3) is 0 Å². The van der Waals surface area contributed by atoms with E-state index in [1.165, 1.54) is 12.1 Å². The minimum absolute atomic E-state index is 0.000981. The van der Waals surface area contributed by atoms with E-state index in [0.717, 1.165) is 33.6 Å². The molecule has 5 nitrogen and oxygen atoms in total. The number of hydrogen-bond acceptors (Lipinski definition) is 4. The molecular formula is C21H20FN5. The summed E-state index contributed by atoms with van der Waals surface area (Å²) < 4.78 is 15.2. The third-order valence-corrected chi connectivity index (χ3v) is 4.71. The van der Waals surface area contributed by atoms with Gasteiger partial charge in [0, 0.05) is 48.2 Å². The summed E-state index contributed by atoms with van der Waals surface area (Å²) in [7, 11) is 0. The van der Waals surface area contributed by atoms with Crippen molar-refractivity contribution >= 4 is 5.52 Å². The third-order valence-electron chi connectivity index (χ3n) is 4.71. The Labute approximate surface area is 156 Å². The molecule has 0 unspecified atom stereocenters. The van der Waals surface area contributed by atoms with Crippen LogP contribution in [0.5, 0.6) is 0 Å². The number of benzene rings is 1. The molecule has 27 heavy (non-hydrogen) atoms. The molecule has 0 amide bonds. The standard InChI is InChI=1S/C21H20FN5/c22-17-6-4-14(5-7-17)21-20(19-3-1-2-10-27(19)26-21)15-8-9-25-18(11-15)16(12-23)13-24/h1-11,16H,12-13,23-24H2. The van der Waals surface area contributed by atoms with E-state index in [9.17, 15) is 4.39 Å². The van der Waals surface area contributed by atoms with E-state index < -0.39 is 0 Å². The largest absolute Gasteiger partial charge is 0.330 e. The van der Waals surface area contributed by atoms with E-state index >= 15 is 0 Å². The van der Waals surface area contributed by atoms with E-state index in [0.29, 0.717) is 13.1 Å². The number of fused-ring (bicyclic) bond motifs is 1. The van der Waals surface area contributed by atoms with Crippen LogP contribution in [0.25, 0.3) is 27.9 Å². The Kier molecular flexibility index (Phi) is 4.66. The Hall–Kier alpha value is -3.09. The SMILES string of the molecule is NCC(CN)c1cc(-c2c(-c3ccc(F)cc3)nn3ccccc23)ccn1. The minimum atomic E-state index is -0.274. The predicted octanol–water partition coefficient (Wildman–Crippen LogP) is 3.20. The monoisotopic (exact) mass is 361 g/mol. The van der Waals surface area contributed by atoms with Crippen molar-refractivity contribution in [1.82, 2.24) is 14.6 Å². The Balaban J connectivity index is 1.94. The Bertz CT molecular complexity index is 1070. The van der Waals surface area contributed by atoms with Crippen molar-refractivity contribution in [3.05, 3.63) is 78.5 Å². The summed E-state index contributed by atoms with van der Waals surface area (Å²) in [4.78, 5) is 4.45. The fourth-order valence-electron chi connectivity index (χ4n) is 3.26. The van der Waals surface area contributed by atoms with Gasteiger partial charge < -0.3 is 11.5 Å². The fourth-order valence-corrected chi connectivity index (χ4v) is 3.26. The molecule has 3 aromatic heterocycles. The first-order valence-electron chi connectivity index (χ1n) is 8.81. The second kappa shape index (κ2) is 7.26. The van der Waals surface area contributed by atoms with Gasteiger partial charge in [0.2, 0.25) is 0 Å². The molecule has 0 aliphatic heterocycles. The van der Waals surface area contributed by atoms with Gasteiger partial charge in [0.15, 0.2) is 0 Å². The van der Waals surface area contributed by atoms with Crippen LogP contribution in [0, 0.1) is 5.82 Å². The number of halogens is 1. The highest BCUT2D eigenvalue weighted by molar-refractivity contribution is 5.92. The van der Waals surface area contributed by atoms with Crippen LogP contribution in [-0.2, 0) is 0 Å². The van der Waals surface area contributed by atoms with E-state index in [1.807, 2.05) is 41.0 Å². The van der Waals surface area contributed by atoms with Gasteiger partial charge in [-0.25, -0.2) is 8.91 Å². The maximum absolute atomic E-state index is 13.4. The van der Waals surface area contributed by atoms with Gasteiger partial charge >= 0.3 is 0 Å². The summed E-state index contributed by atoms with van der Waals surface area (Å²) >= 11 is 0. The summed E-state index contributed by atoms with van der Waals surface area (Å²) in [5.41, 5.74) is 17.1. The van der Waals surface area contributed by atoms with Gasteiger partial charge in [-0.15, -0.1) is 0 Å². The lowest BCUT2D eigenvalue weighted by atomic mass is 9.97. The van der Waals surface area contributed by atoms with Crippen LogP contribution in [0.15, 0.2) is 67.0 Å². The van der Waals surface area contributed by atoms with Crippen molar-refractivity contribution in [1.29, 1.82) is 0 Å². The zero-order valence-corrected chi connectivity index (χ0v) is 14.7. The summed E-state index contributed by atoms with van der Waals surface area (Å²) in [6.07, 6.45) is 3.67. The van der Waals surface area contributed by atoms with Crippen LogP contribution in [0.2, 0.25) is 0 Å². The molecule has 0 atom stereocenters. The van der Waals surface area contributed by atoms with Crippen LogP contribution >= 0.6 is 0 Å². The first-order valence-corrected chi connectivity index (χ1v) is 8.81. The van der Waals surface area contributed by atoms with Gasteiger partial charge in [0.1, 0.15) is 11.5 Å². The molecular weight excluding hydrogens is 341 g/mol. The zero-order valence-electron chi connectivity index (χ0n) is 14.7. The van der Waals surface area contributed by atoms with Crippen LogP contribution in [0.3, 0.4) is 0 Å². The molecule has 4 rings (SSSR count). The maximum Gasteiger partial charge on any atom is 0.123 e. The second-order valence-corrected chi connectivity index (χ2v) is 6.40. The number of hydrogen-bond donors (Lipinski definition) is 2. The smallest absolute Gasteiger partial charge is 0.123 e.